The van der Waals surface area contributed by atoms with Crippen LogP contribution in [0.5, 0.6) is 0 Å². The van der Waals surface area contributed by atoms with Crippen LogP contribution < -0.4 is 0 Å². The normalized spacial score (nSPS) is 8.75. The molecule has 0 aliphatic rings. The van der Waals surface area contributed by atoms with Crippen LogP contribution in [0.4, 0.5) is 0 Å². The molecule has 2 nitrogen and oxygen atoms in total. The summed E-state index contributed by atoms with van der Waals surface area (Å²) in [7, 11) is 0. The van der Waals surface area contributed by atoms with E-state index in [0.717, 1.165) is 6.42 Å². The Labute approximate surface area is 92.0 Å². The maximum absolute atomic E-state index is 9.72. The van der Waals surface area contributed by atoms with Gasteiger partial charge in [-0.05, 0) is 6.42 Å². The van der Waals surface area contributed by atoms with Crippen molar-refractivity contribution in [3.05, 3.63) is 0 Å². The molecule has 2 radical (unpaired) electrons. The number of carbonyl (C=O) groups excluding carboxylic acids is 1. The molecule has 3 heteroatoms. The van der Waals surface area contributed by atoms with Crippen molar-refractivity contribution >= 4 is 30.4 Å². The van der Waals surface area contributed by atoms with Crippen LogP contribution in [0, 0.1) is 0 Å². The fraction of sp³-hybridized carbons (Fsp3) is 0.889. The van der Waals surface area contributed by atoms with Crippen LogP contribution in [-0.4, -0.2) is 37.0 Å². The predicted octanol–water partition coefficient (Wildman–Crippen LogP) is 1.60. The van der Waals surface area contributed by atoms with Crippen molar-refractivity contribution in [2.24, 2.45) is 0 Å². The third-order valence-electron chi connectivity index (χ3n) is 1.68. The van der Waals surface area contributed by atoms with Crippen molar-refractivity contribution in [3.63, 3.8) is 0 Å². The molecular formula is C9H20O2Sn. The van der Waals surface area contributed by atoms with Gasteiger partial charge in [-0.2, -0.15) is 0 Å². The summed E-state index contributed by atoms with van der Waals surface area (Å²) in [6, 6.07) is 0. The number of hydrogen-bond acceptors (Lipinski definition) is 2. The molecule has 0 saturated heterocycles. The van der Waals surface area contributed by atoms with Crippen LogP contribution in [0.2, 0.25) is 0 Å². The van der Waals surface area contributed by atoms with Gasteiger partial charge in [0.25, 0.3) is 6.47 Å². The first-order valence-corrected chi connectivity index (χ1v) is 4.47. The SMILES string of the molecule is CCCCCCCCOC=O.[SnH2]. The van der Waals surface area contributed by atoms with E-state index in [0.29, 0.717) is 13.1 Å². The molecule has 0 heterocycles. The molecule has 0 aliphatic heterocycles. The Balaban J connectivity index is 0. The van der Waals surface area contributed by atoms with Crippen molar-refractivity contribution in [2.75, 3.05) is 6.61 Å². The second-order valence-electron chi connectivity index (χ2n) is 2.73. The number of carbonyl (C=O) groups is 1. The van der Waals surface area contributed by atoms with Gasteiger partial charge in [0.15, 0.2) is 0 Å². The minimum absolute atomic E-state index is 0. The molecule has 72 valence electrons. The summed E-state index contributed by atoms with van der Waals surface area (Å²) in [4.78, 5) is 9.72. The van der Waals surface area contributed by atoms with Gasteiger partial charge >= 0.3 is 23.9 Å². The van der Waals surface area contributed by atoms with Crippen molar-refractivity contribution in [1.82, 2.24) is 0 Å². The summed E-state index contributed by atoms with van der Waals surface area (Å²) in [5, 5.41) is 0. The number of hydrogen-bond donors (Lipinski definition) is 0. The van der Waals surface area contributed by atoms with E-state index in [4.69, 9.17) is 0 Å². The monoisotopic (exact) mass is 280 g/mol. The van der Waals surface area contributed by atoms with E-state index in [9.17, 15) is 4.79 Å². The molecule has 0 saturated carbocycles. The molecule has 0 rings (SSSR count). The molecule has 12 heavy (non-hydrogen) atoms. The Morgan fingerprint density at radius 3 is 2.25 bits per heavy atom. The zero-order chi connectivity index (χ0) is 8.36. The van der Waals surface area contributed by atoms with Gasteiger partial charge in [-0.15, -0.1) is 0 Å². The van der Waals surface area contributed by atoms with Crippen molar-refractivity contribution in [1.29, 1.82) is 0 Å². The van der Waals surface area contributed by atoms with Crippen LogP contribution in [-0.2, 0) is 9.53 Å². The summed E-state index contributed by atoms with van der Waals surface area (Å²) in [5.74, 6) is 0. The van der Waals surface area contributed by atoms with Gasteiger partial charge in [-0.1, -0.05) is 39.0 Å². The van der Waals surface area contributed by atoms with Gasteiger partial charge in [-0.3, -0.25) is 4.79 Å². The zero-order valence-corrected chi connectivity index (χ0v) is 12.1. The Morgan fingerprint density at radius 1 is 1.08 bits per heavy atom. The molecule has 0 aromatic heterocycles. The summed E-state index contributed by atoms with van der Waals surface area (Å²) in [6.07, 6.45) is 7.41. The Kier molecular flexibility index (Phi) is 17.0. The predicted molar refractivity (Wildman–Crippen MR) is 53.9 cm³/mol. The molecule has 0 aliphatic carbocycles. The van der Waals surface area contributed by atoms with E-state index in [-0.39, 0.29) is 23.9 Å². The first kappa shape index (κ1) is 14.8. The molecule has 0 aromatic rings. The molecule has 0 bridgehead atoms. The van der Waals surface area contributed by atoms with Crippen LogP contribution in [0.25, 0.3) is 0 Å². The quantitative estimate of drug-likeness (QED) is 0.383. The average Bonchev–Trinajstić information content (AvgIpc) is 2.03. The molecule has 0 unspecified atom stereocenters. The first-order chi connectivity index (χ1) is 5.41. The number of ether oxygens (including phenoxy) is 1. The third-order valence-corrected chi connectivity index (χ3v) is 1.68. The topological polar surface area (TPSA) is 26.3 Å². The third kappa shape index (κ3) is 12.9. The summed E-state index contributed by atoms with van der Waals surface area (Å²) >= 11 is 0. The fourth-order valence-electron chi connectivity index (χ4n) is 1.01. The zero-order valence-electron chi connectivity index (χ0n) is 8.05. The van der Waals surface area contributed by atoms with Gasteiger partial charge in [0, 0.05) is 0 Å². The van der Waals surface area contributed by atoms with Crippen molar-refractivity contribution in [2.45, 2.75) is 45.4 Å². The molecule has 0 spiro atoms. The van der Waals surface area contributed by atoms with E-state index in [1.165, 1.54) is 32.1 Å². The summed E-state index contributed by atoms with van der Waals surface area (Å²) < 4.78 is 4.56. The van der Waals surface area contributed by atoms with E-state index in [1.54, 1.807) is 0 Å². The average molecular weight is 279 g/mol. The fourth-order valence-corrected chi connectivity index (χ4v) is 1.01. The van der Waals surface area contributed by atoms with E-state index < -0.39 is 0 Å². The Bertz CT molecular complexity index is 86.6. The standard InChI is InChI=1S/C9H18O2.Sn.2H/c1-2-3-4-5-6-7-8-11-9-10;;;/h9H,2-8H2,1H3;;;. The van der Waals surface area contributed by atoms with Gasteiger partial charge in [0.1, 0.15) is 0 Å². The molecule has 0 fully saturated rings. The van der Waals surface area contributed by atoms with E-state index in [1.807, 2.05) is 0 Å². The minimum atomic E-state index is 0. The van der Waals surface area contributed by atoms with E-state index in [2.05, 4.69) is 11.7 Å². The van der Waals surface area contributed by atoms with Crippen LogP contribution in [0.3, 0.4) is 0 Å². The Morgan fingerprint density at radius 2 is 1.67 bits per heavy atom. The van der Waals surface area contributed by atoms with E-state index >= 15 is 0 Å². The Hall–Kier alpha value is 0.269. The molecule has 0 atom stereocenters. The van der Waals surface area contributed by atoms with Gasteiger partial charge in [0.05, 0.1) is 6.61 Å². The first-order valence-electron chi connectivity index (χ1n) is 4.47. The van der Waals surface area contributed by atoms with Gasteiger partial charge in [-0.25, -0.2) is 0 Å². The van der Waals surface area contributed by atoms with Gasteiger partial charge in [0.2, 0.25) is 0 Å². The molecule has 0 aromatic carbocycles. The number of unbranched alkanes of at least 4 members (excludes halogenated alkanes) is 5. The molecule has 0 N–H and O–H groups in total. The summed E-state index contributed by atoms with van der Waals surface area (Å²) in [6.45, 7) is 3.32. The molecule has 0 amide bonds. The van der Waals surface area contributed by atoms with Crippen LogP contribution >= 0.6 is 0 Å². The second-order valence-corrected chi connectivity index (χ2v) is 2.73. The molecular weight excluding hydrogens is 259 g/mol. The number of rotatable bonds is 8. The van der Waals surface area contributed by atoms with Crippen LogP contribution in [0.1, 0.15) is 45.4 Å². The maximum atomic E-state index is 9.72. The second kappa shape index (κ2) is 13.8. The summed E-state index contributed by atoms with van der Waals surface area (Å²) in [5.41, 5.74) is 0. The van der Waals surface area contributed by atoms with Crippen LogP contribution in [0.15, 0.2) is 0 Å². The van der Waals surface area contributed by atoms with Crippen molar-refractivity contribution in [3.8, 4) is 0 Å². The van der Waals surface area contributed by atoms with Gasteiger partial charge < -0.3 is 4.74 Å². The van der Waals surface area contributed by atoms with Crippen molar-refractivity contribution < 1.29 is 9.53 Å².